The maximum Gasteiger partial charge on any atom is 0.255 e. The van der Waals surface area contributed by atoms with Crippen LogP contribution in [0.25, 0.3) is 16.9 Å². The van der Waals surface area contributed by atoms with Crippen molar-refractivity contribution in [2.45, 2.75) is 13.5 Å². The lowest BCUT2D eigenvalue weighted by Crippen LogP contribution is -2.23. The SMILES string of the molecule is Cc1c(C(=O)NCc2ccc(-c3ccoc3)nc2)cnn1-c1ccccc1. The van der Waals surface area contributed by atoms with Crippen molar-refractivity contribution in [3.05, 3.63) is 90.3 Å². The molecule has 0 bridgehead atoms. The monoisotopic (exact) mass is 358 g/mol. The van der Waals surface area contributed by atoms with Gasteiger partial charge in [-0.1, -0.05) is 24.3 Å². The Morgan fingerprint density at radius 2 is 1.96 bits per heavy atom. The average molecular weight is 358 g/mol. The maximum atomic E-state index is 12.5. The summed E-state index contributed by atoms with van der Waals surface area (Å²) in [7, 11) is 0. The Labute approximate surface area is 156 Å². The minimum absolute atomic E-state index is 0.159. The third kappa shape index (κ3) is 3.50. The lowest BCUT2D eigenvalue weighted by atomic mass is 10.2. The number of amides is 1. The van der Waals surface area contributed by atoms with Gasteiger partial charge in [0.1, 0.15) is 0 Å². The molecule has 0 atom stereocenters. The van der Waals surface area contributed by atoms with Gasteiger partial charge in [-0.2, -0.15) is 5.10 Å². The third-order valence-corrected chi connectivity index (χ3v) is 4.35. The Morgan fingerprint density at radius 1 is 1.11 bits per heavy atom. The van der Waals surface area contributed by atoms with Gasteiger partial charge in [0.25, 0.3) is 5.91 Å². The molecule has 0 aliphatic carbocycles. The summed E-state index contributed by atoms with van der Waals surface area (Å²) in [6.45, 7) is 2.28. The largest absolute Gasteiger partial charge is 0.472 e. The van der Waals surface area contributed by atoms with Crippen molar-refractivity contribution in [1.29, 1.82) is 0 Å². The first kappa shape index (κ1) is 16.8. The highest BCUT2D eigenvalue weighted by Gasteiger charge is 2.15. The number of pyridine rings is 1. The number of benzene rings is 1. The number of furan rings is 1. The molecule has 4 rings (SSSR count). The molecule has 0 saturated heterocycles. The molecular formula is C21H18N4O2. The number of hydrogen-bond donors (Lipinski definition) is 1. The second kappa shape index (κ2) is 7.29. The van der Waals surface area contributed by atoms with Gasteiger partial charge in [0.05, 0.1) is 41.4 Å². The number of carbonyl (C=O) groups excluding carboxylic acids is 1. The number of nitrogens with zero attached hydrogens (tertiary/aromatic N) is 3. The lowest BCUT2D eigenvalue weighted by Gasteiger charge is -2.07. The predicted octanol–water partition coefficient (Wildman–Crippen LogP) is 3.77. The van der Waals surface area contributed by atoms with E-state index in [0.29, 0.717) is 12.1 Å². The zero-order valence-corrected chi connectivity index (χ0v) is 14.8. The predicted molar refractivity (Wildman–Crippen MR) is 101 cm³/mol. The molecule has 134 valence electrons. The Kier molecular flexibility index (Phi) is 4.53. The molecule has 3 aromatic heterocycles. The molecule has 1 amide bonds. The molecule has 3 heterocycles. The van der Waals surface area contributed by atoms with Crippen LogP contribution in [0.1, 0.15) is 21.6 Å². The van der Waals surface area contributed by atoms with Gasteiger partial charge in [0, 0.05) is 18.3 Å². The topological polar surface area (TPSA) is 73.0 Å². The van der Waals surface area contributed by atoms with Gasteiger partial charge >= 0.3 is 0 Å². The first-order valence-corrected chi connectivity index (χ1v) is 8.58. The van der Waals surface area contributed by atoms with Crippen molar-refractivity contribution in [1.82, 2.24) is 20.1 Å². The van der Waals surface area contributed by atoms with E-state index in [2.05, 4.69) is 15.4 Å². The summed E-state index contributed by atoms with van der Waals surface area (Å²) in [5.41, 5.74) is 4.96. The number of hydrogen-bond acceptors (Lipinski definition) is 4. The molecular weight excluding hydrogens is 340 g/mol. The minimum Gasteiger partial charge on any atom is -0.472 e. The molecule has 0 saturated carbocycles. The van der Waals surface area contributed by atoms with Crippen LogP contribution in [0.3, 0.4) is 0 Å². The number of para-hydroxylation sites is 1. The van der Waals surface area contributed by atoms with E-state index in [0.717, 1.165) is 28.2 Å². The first-order valence-electron chi connectivity index (χ1n) is 8.58. The van der Waals surface area contributed by atoms with Crippen LogP contribution in [0, 0.1) is 6.92 Å². The summed E-state index contributed by atoms with van der Waals surface area (Å²) >= 11 is 0. The Hall–Kier alpha value is -3.67. The van der Waals surface area contributed by atoms with E-state index in [1.807, 2.05) is 55.5 Å². The van der Waals surface area contributed by atoms with Gasteiger partial charge in [-0.3, -0.25) is 9.78 Å². The van der Waals surface area contributed by atoms with Crippen molar-refractivity contribution in [3.8, 4) is 16.9 Å². The fourth-order valence-corrected chi connectivity index (χ4v) is 2.85. The Morgan fingerprint density at radius 3 is 2.67 bits per heavy atom. The fourth-order valence-electron chi connectivity index (χ4n) is 2.85. The smallest absolute Gasteiger partial charge is 0.255 e. The highest BCUT2D eigenvalue weighted by atomic mass is 16.3. The summed E-state index contributed by atoms with van der Waals surface area (Å²) in [5.74, 6) is -0.159. The summed E-state index contributed by atoms with van der Waals surface area (Å²) in [6, 6.07) is 15.4. The second-order valence-electron chi connectivity index (χ2n) is 6.14. The molecule has 0 aliphatic heterocycles. The zero-order valence-electron chi connectivity index (χ0n) is 14.8. The van der Waals surface area contributed by atoms with Crippen molar-refractivity contribution in [2.24, 2.45) is 0 Å². The summed E-state index contributed by atoms with van der Waals surface area (Å²) in [5, 5.41) is 7.26. The lowest BCUT2D eigenvalue weighted by molar-refractivity contribution is 0.0950. The van der Waals surface area contributed by atoms with E-state index >= 15 is 0 Å². The third-order valence-electron chi connectivity index (χ3n) is 4.35. The molecule has 0 radical (unpaired) electrons. The van der Waals surface area contributed by atoms with Gasteiger partial charge < -0.3 is 9.73 Å². The van der Waals surface area contributed by atoms with Gasteiger partial charge in [-0.05, 0) is 36.8 Å². The van der Waals surface area contributed by atoms with E-state index in [1.54, 1.807) is 29.6 Å². The molecule has 1 aromatic carbocycles. The van der Waals surface area contributed by atoms with E-state index < -0.39 is 0 Å². The molecule has 27 heavy (non-hydrogen) atoms. The van der Waals surface area contributed by atoms with Crippen LogP contribution in [0.15, 0.2) is 77.9 Å². The standard InChI is InChI=1S/C21H18N4O2/c1-15-19(13-24-25(15)18-5-3-2-4-6-18)21(26)23-12-16-7-8-20(22-11-16)17-9-10-27-14-17/h2-11,13-14H,12H2,1H3,(H,23,26). The van der Waals surface area contributed by atoms with Gasteiger partial charge in [0.15, 0.2) is 0 Å². The summed E-state index contributed by atoms with van der Waals surface area (Å²) in [4.78, 5) is 16.9. The van der Waals surface area contributed by atoms with Crippen molar-refractivity contribution in [2.75, 3.05) is 0 Å². The summed E-state index contributed by atoms with van der Waals surface area (Å²) in [6.07, 6.45) is 6.61. The van der Waals surface area contributed by atoms with Crippen LogP contribution in [-0.4, -0.2) is 20.7 Å². The number of aromatic nitrogens is 3. The van der Waals surface area contributed by atoms with Gasteiger partial charge in [-0.25, -0.2) is 4.68 Å². The molecule has 0 fully saturated rings. The van der Waals surface area contributed by atoms with Crippen LogP contribution in [0.5, 0.6) is 0 Å². The maximum absolute atomic E-state index is 12.5. The van der Waals surface area contributed by atoms with Crippen LogP contribution in [0.4, 0.5) is 0 Å². The van der Waals surface area contributed by atoms with E-state index in [-0.39, 0.29) is 5.91 Å². The number of rotatable bonds is 5. The molecule has 4 aromatic rings. The Bertz CT molecular complexity index is 1040. The molecule has 0 aliphatic rings. The van der Waals surface area contributed by atoms with Crippen LogP contribution in [0.2, 0.25) is 0 Å². The van der Waals surface area contributed by atoms with Crippen LogP contribution >= 0.6 is 0 Å². The second-order valence-corrected chi connectivity index (χ2v) is 6.14. The van der Waals surface area contributed by atoms with E-state index in [1.165, 1.54) is 0 Å². The average Bonchev–Trinajstić information content (AvgIpc) is 3.37. The Balaban J connectivity index is 1.43. The van der Waals surface area contributed by atoms with Gasteiger partial charge in [-0.15, -0.1) is 0 Å². The summed E-state index contributed by atoms with van der Waals surface area (Å²) < 4.78 is 6.83. The minimum atomic E-state index is -0.159. The van der Waals surface area contributed by atoms with Crippen molar-refractivity contribution in [3.63, 3.8) is 0 Å². The highest BCUT2D eigenvalue weighted by Crippen LogP contribution is 2.17. The number of carbonyl (C=O) groups is 1. The molecule has 0 spiro atoms. The molecule has 1 N–H and O–H groups in total. The molecule has 0 unspecified atom stereocenters. The quantitative estimate of drug-likeness (QED) is 0.589. The zero-order chi connectivity index (χ0) is 18.6. The fraction of sp³-hybridized carbons (Fsp3) is 0.0952. The van der Waals surface area contributed by atoms with Crippen molar-refractivity contribution >= 4 is 5.91 Å². The van der Waals surface area contributed by atoms with E-state index in [9.17, 15) is 4.79 Å². The molecule has 6 heteroatoms. The van der Waals surface area contributed by atoms with Crippen molar-refractivity contribution < 1.29 is 9.21 Å². The normalized spacial score (nSPS) is 10.7. The number of nitrogens with one attached hydrogen (secondary N) is 1. The van der Waals surface area contributed by atoms with E-state index in [4.69, 9.17) is 4.42 Å². The van der Waals surface area contributed by atoms with Crippen LogP contribution in [-0.2, 0) is 6.54 Å². The highest BCUT2D eigenvalue weighted by molar-refractivity contribution is 5.95. The molecule has 6 nitrogen and oxygen atoms in total. The first-order chi connectivity index (χ1) is 13.2. The van der Waals surface area contributed by atoms with Crippen LogP contribution < -0.4 is 5.32 Å². The van der Waals surface area contributed by atoms with Gasteiger partial charge in [0.2, 0.25) is 0 Å².